The molecule has 0 aliphatic rings. The van der Waals surface area contributed by atoms with Crippen molar-refractivity contribution in [1.29, 1.82) is 0 Å². The van der Waals surface area contributed by atoms with Gasteiger partial charge in [-0.05, 0) is 38.2 Å². The molecule has 0 radical (unpaired) electrons. The third-order valence-electron chi connectivity index (χ3n) is 2.32. The van der Waals surface area contributed by atoms with Gasteiger partial charge in [0, 0.05) is 18.6 Å². The van der Waals surface area contributed by atoms with Gasteiger partial charge in [0.25, 0.3) is 0 Å². The topological polar surface area (TPSA) is 41.3 Å². The molecule has 0 heterocycles. The fraction of sp³-hybridized carbons (Fsp3) is 0.455. The molecule has 0 atom stereocenters. The number of nitrogens with one attached hydrogen (secondary N) is 1. The Labute approximate surface area is 96.2 Å². The van der Waals surface area contributed by atoms with Crippen LogP contribution in [0.15, 0.2) is 18.2 Å². The maximum absolute atomic E-state index is 5.88. The largest absolute Gasteiger partial charge is 0.397 e. The maximum Gasteiger partial charge on any atom is 0.0598 e. The molecule has 0 spiro atoms. The van der Waals surface area contributed by atoms with Crippen LogP contribution in [0.1, 0.15) is 6.42 Å². The van der Waals surface area contributed by atoms with Crippen LogP contribution in [0.25, 0.3) is 0 Å². The van der Waals surface area contributed by atoms with Gasteiger partial charge in [-0.15, -0.1) is 0 Å². The molecule has 1 rings (SSSR count). The standard InChI is InChI=1S/C11H18ClN3/c1-14-6-3-7-15(2)11-5-4-9(12)8-10(11)13/h4-5,8,14H,3,6-7,13H2,1-2H3. The summed E-state index contributed by atoms with van der Waals surface area (Å²) < 4.78 is 0. The lowest BCUT2D eigenvalue weighted by molar-refractivity contribution is 0.713. The molecule has 0 bridgehead atoms. The van der Waals surface area contributed by atoms with Gasteiger partial charge in [-0.25, -0.2) is 0 Å². The van der Waals surface area contributed by atoms with E-state index in [9.17, 15) is 0 Å². The van der Waals surface area contributed by atoms with E-state index in [0.29, 0.717) is 5.02 Å². The molecule has 1 aromatic rings. The summed E-state index contributed by atoms with van der Waals surface area (Å²) in [5.41, 5.74) is 7.65. The number of rotatable bonds is 5. The second kappa shape index (κ2) is 5.83. The van der Waals surface area contributed by atoms with Crippen molar-refractivity contribution >= 4 is 23.0 Å². The Bertz CT molecular complexity index is 315. The quantitative estimate of drug-likeness (QED) is 0.597. The van der Waals surface area contributed by atoms with Crippen molar-refractivity contribution in [3.05, 3.63) is 23.2 Å². The fourth-order valence-corrected chi connectivity index (χ4v) is 1.67. The zero-order valence-electron chi connectivity index (χ0n) is 9.26. The van der Waals surface area contributed by atoms with Gasteiger partial charge in [0.2, 0.25) is 0 Å². The number of nitrogens with zero attached hydrogens (tertiary/aromatic N) is 1. The molecular weight excluding hydrogens is 210 g/mol. The average Bonchev–Trinajstić information content (AvgIpc) is 2.17. The van der Waals surface area contributed by atoms with Crippen molar-refractivity contribution < 1.29 is 0 Å². The van der Waals surface area contributed by atoms with Crippen molar-refractivity contribution in [2.24, 2.45) is 0 Å². The van der Waals surface area contributed by atoms with E-state index in [1.54, 1.807) is 6.07 Å². The lowest BCUT2D eigenvalue weighted by Gasteiger charge is -2.21. The zero-order chi connectivity index (χ0) is 11.3. The SMILES string of the molecule is CNCCCN(C)c1ccc(Cl)cc1N. The van der Waals surface area contributed by atoms with Crippen LogP contribution in [0.5, 0.6) is 0 Å². The Balaban J connectivity index is 2.61. The van der Waals surface area contributed by atoms with Gasteiger partial charge in [0.15, 0.2) is 0 Å². The van der Waals surface area contributed by atoms with Gasteiger partial charge in [-0.3, -0.25) is 0 Å². The summed E-state index contributed by atoms with van der Waals surface area (Å²) in [7, 11) is 3.99. The van der Waals surface area contributed by atoms with Gasteiger partial charge in [0.05, 0.1) is 11.4 Å². The van der Waals surface area contributed by atoms with E-state index in [-0.39, 0.29) is 0 Å². The second-order valence-corrected chi connectivity index (χ2v) is 4.02. The molecule has 0 saturated carbocycles. The predicted octanol–water partition coefficient (Wildman–Crippen LogP) is 1.97. The smallest absolute Gasteiger partial charge is 0.0598 e. The summed E-state index contributed by atoms with van der Waals surface area (Å²) in [4.78, 5) is 2.14. The van der Waals surface area contributed by atoms with Crippen molar-refractivity contribution in [1.82, 2.24) is 5.32 Å². The first-order valence-corrected chi connectivity index (χ1v) is 5.43. The van der Waals surface area contributed by atoms with Crippen molar-refractivity contribution in [3.8, 4) is 0 Å². The molecule has 3 nitrogen and oxygen atoms in total. The highest BCUT2D eigenvalue weighted by Crippen LogP contribution is 2.25. The van der Waals surface area contributed by atoms with Gasteiger partial charge >= 0.3 is 0 Å². The Morgan fingerprint density at radius 2 is 2.20 bits per heavy atom. The second-order valence-electron chi connectivity index (χ2n) is 3.58. The summed E-state index contributed by atoms with van der Waals surface area (Å²) in [6.45, 7) is 1.99. The molecule has 1 aromatic carbocycles. The Morgan fingerprint density at radius 1 is 1.47 bits per heavy atom. The van der Waals surface area contributed by atoms with Crippen LogP contribution in [0.2, 0.25) is 5.02 Å². The molecule has 4 heteroatoms. The highest BCUT2D eigenvalue weighted by molar-refractivity contribution is 6.31. The first kappa shape index (κ1) is 12.1. The molecule has 0 amide bonds. The number of hydrogen-bond donors (Lipinski definition) is 2. The molecule has 3 N–H and O–H groups in total. The molecule has 15 heavy (non-hydrogen) atoms. The maximum atomic E-state index is 5.88. The minimum Gasteiger partial charge on any atom is -0.397 e. The number of nitrogens with two attached hydrogens (primary N) is 1. The summed E-state index contributed by atoms with van der Waals surface area (Å²) in [5, 5.41) is 3.80. The van der Waals surface area contributed by atoms with E-state index >= 15 is 0 Å². The van der Waals surface area contributed by atoms with Gasteiger partial charge in [-0.1, -0.05) is 11.6 Å². The summed E-state index contributed by atoms with van der Waals surface area (Å²) >= 11 is 5.84. The average molecular weight is 228 g/mol. The van der Waals surface area contributed by atoms with Gasteiger partial charge in [0.1, 0.15) is 0 Å². The molecule has 84 valence electrons. The first-order valence-electron chi connectivity index (χ1n) is 5.06. The monoisotopic (exact) mass is 227 g/mol. The molecule has 0 aliphatic carbocycles. The van der Waals surface area contributed by atoms with Gasteiger partial charge in [-0.2, -0.15) is 0 Å². The summed E-state index contributed by atoms with van der Waals surface area (Å²) in [6, 6.07) is 5.60. The van der Waals surface area contributed by atoms with Crippen molar-refractivity contribution in [2.45, 2.75) is 6.42 Å². The summed E-state index contributed by atoms with van der Waals surface area (Å²) in [6.07, 6.45) is 1.09. The first-order chi connectivity index (χ1) is 7.15. The molecule has 0 aliphatic heterocycles. The van der Waals surface area contributed by atoms with E-state index in [1.165, 1.54) is 0 Å². The van der Waals surface area contributed by atoms with Crippen LogP contribution in [0.3, 0.4) is 0 Å². The number of anilines is 2. The van der Waals surface area contributed by atoms with Gasteiger partial charge < -0.3 is 16.0 Å². The number of hydrogen-bond acceptors (Lipinski definition) is 3. The predicted molar refractivity (Wildman–Crippen MR) is 67.7 cm³/mol. The number of benzene rings is 1. The molecular formula is C11H18ClN3. The molecule has 0 fully saturated rings. The third-order valence-corrected chi connectivity index (χ3v) is 2.56. The van der Waals surface area contributed by atoms with Crippen LogP contribution in [-0.2, 0) is 0 Å². The van der Waals surface area contributed by atoms with Crippen molar-refractivity contribution in [2.75, 3.05) is 37.8 Å². The van der Waals surface area contributed by atoms with E-state index in [1.807, 2.05) is 26.2 Å². The highest BCUT2D eigenvalue weighted by Gasteiger charge is 2.04. The van der Waals surface area contributed by atoms with Crippen LogP contribution in [0, 0.1) is 0 Å². The van der Waals surface area contributed by atoms with Crippen molar-refractivity contribution in [3.63, 3.8) is 0 Å². The third kappa shape index (κ3) is 3.61. The molecule has 0 aromatic heterocycles. The van der Waals surface area contributed by atoms with E-state index < -0.39 is 0 Å². The summed E-state index contributed by atoms with van der Waals surface area (Å²) in [5.74, 6) is 0. The molecule has 0 saturated heterocycles. The van der Waals surface area contributed by atoms with Crippen LogP contribution in [-0.4, -0.2) is 27.2 Å². The van der Waals surface area contributed by atoms with Crippen LogP contribution >= 0.6 is 11.6 Å². The Morgan fingerprint density at radius 3 is 2.80 bits per heavy atom. The van der Waals surface area contributed by atoms with Crippen LogP contribution in [0.4, 0.5) is 11.4 Å². The van der Waals surface area contributed by atoms with Crippen LogP contribution < -0.4 is 16.0 Å². The Hall–Kier alpha value is -0.930. The minimum atomic E-state index is 0.680. The molecule has 0 unspecified atom stereocenters. The lowest BCUT2D eigenvalue weighted by Crippen LogP contribution is -2.22. The van der Waals surface area contributed by atoms with E-state index in [4.69, 9.17) is 17.3 Å². The highest BCUT2D eigenvalue weighted by atomic mass is 35.5. The number of nitrogen functional groups attached to an aromatic ring is 1. The number of halogens is 1. The minimum absolute atomic E-state index is 0.680. The van der Waals surface area contributed by atoms with E-state index in [0.717, 1.165) is 30.9 Å². The zero-order valence-corrected chi connectivity index (χ0v) is 10.0. The Kier molecular flexibility index (Phi) is 4.72. The fourth-order valence-electron chi connectivity index (χ4n) is 1.49. The van der Waals surface area contributed by atoms with E-state index in [2.05, 4.69) is 10.2 Å². The lowest BCUT2D eigenvalue weighted by atomic mass is 10.2. The normalized spacial score (nSPS) is 10.3.